The zero-order chi connectivity index (χ0) is 18.0. The van der Waals surface area contributed by atoms with E-state index < -0.39 is 9.84 Å². The number of anilines is 3. The predicted octanol–water partition coefficient (Wildman–Crippen LogP) is 2.57. The summed E-state index contributed by atoms with van der Waals surface area (Å²) >= 11 is 0. The summed E-state index contributed by atoms with van der Waals surface area (Å²) in [5.74, 6) is 2.71. The summed E-state index contributed by atoms with van der Waals surface area (Å²) in [6.45, 7) is 4.73. The fraction of sp³-hybridized carbons (Fsp3) is 0.444. The number of sulfone groups is 1. The molecule has 0 aliphatic carbocycles. The Bertz CT molecular complexity index is 839. The maximum Gasteiger partial charge on any atom is 0.152 e. The molecule has 2 aromatic rings. The highest BCUT2D eigenvalue weighted by Crippen LogP contribution is 2.28. The Kier molecular flexibility index (Phi) is 4.94. The molecule has 134 valence electrons. The smallest absolute Gasteiger partial charge is 0.152 e. The molecule has 2 heterocycles. The lowest BCUT2D eigenvalue weighted by atomic mass is 10.2. The van der Waals surface area contributed by atoms with Gasteiger partial charge in [0.15, 0.2) is 9.84 Å². The third-order valence-electron chi connectivity index (χ3n) is 4.59. The van der Waals surface area contributed by atoms with Crippen LogP contribution < -0.4 is 9.80 Å². The lowest BCUT2D eigenvalue weighted by Crippen LogP contribution is -2.33. The molecule has 1 aromatic heterocycles. The summed E-state index contributed by atoms with van der Waals surface area (Å²) in [6, 6.07) is 12.0. The van der Waals surface area contributed by atoms with Crippen LogP contribution >= 0.6 is 0 Å². The number of nitrogens with zero attached hydrogens (tertiary/aromatic N) is 4. The van der Waals surface area contributed by atoms with Gasteiger partial charge in [0.1, 0.15) is 17.5 Å². The Labute approximate surface area is 149 Å². The van der Waals surface area contributed by atoms with Crippen molar-refractivity contribution >= 4 is 27.2 Å². The molecular formula is C18H24N4O2S. The fourth-order valence-corrected chi connectivity index (χ4v) is 4.98. The average Bonchev–Trinajstić information content (AvgIpc) is 2.95. The first-order valence-corrected chi connectivity index (χ1v) is 10.3. The molecule has 1 aliphatic rings. The summed E-state index contributed by atoms with van der Waals surface area (Å²) in [7, 11) is -1.02. The summed E-state index contributed by atoms with van der Waals surface area (Å²) in [5, 5.41) is 0. The van der Waals surface area contributed by atoms with E-state index in [1.807, 2.05) is 55.3 Å². The van der Waals surface area contributed by atoms with Crippen LogP contribution in [0.3, 0.4) is 0 Å². The Morgan fingerprint density at radius 3 is 2.44 bits per heavy atom. The van der Waals surface area contributed by atoms with E-state index in [2.05, 4.69) is 21.8 Å². The van der Waals surface area contributed by atoms with Gasteiger partial charge in [-0.25, -0.2) is 18.4 Å². The minimum absolute atomic E-state index is 0.0287. The Morgan fingerprint density at radius 1 is 1.16 bits per heavy atom. The quantitative estimate of drug-likeness (QED) is 0.816. The molecule has 0 bridgehead atoms. The van der Waals surface area contributed by atoms with E-state index in [4.69, 9.17) is 0 Å². The minimum Gasteiger partial charge on any atom is -0.355 e. The van der Waals surface area contributed by atoms with Gasteiger partial charge in [0.05, 0.1) is 11.5 Å². The molecule has 1 aromatic carbocycles. The van der Waals surface area contributed by atoms with Gasteiger partial charge in [0.2, 0.25) is 0 Å². The van der Waals surface area contributed by atoms with Gasteiger partial charge in [-0.15, -0.1) is 0 Å². The minimum atomic E-state index is -2.93. The van der Waals surface area contributed by atoms with Gasteiger partial charge < -0.3 is 9.80 Å². The molecule has 1 aliphatic heterocycles. The molecule has 1 atom stereocenters. The summed E-state index contributed by atoms with van der Waals surface area (Å²) in [5.41, 5.74) is 1.07. The van der Waals surface area contributed by atoms with Gasteiger partial charge in [0, 0.05) is 31.4 Å². The third-order valence-corrected chi connectivity index (χ3v) is 6.34. The second-order valence-corrected chi connectivity index (χ2v) is 8.61. The zero-order valence-electron chi connectivity index (χ0n) is 14.9. The SMILES string of the molecule is CCN(c1ccccc1)c1cc(N(C)C2CCS(=O)(=O)C2)nc(C)n1. The predicted molar refractivity (Wildman–Crippen MR) is 101 cm³/mol. The molecule has 0 saturated carbocycles. The molecule has 7 heteroatoms. The van der Waals surface area contributed by atoms with Crippen LogP contribution in [0.25, 0.3) is 0 Å². The molecule has 1 fully saturated rings. The second kappa shape index (κ2) is 7.00. The van der Waals surface area contributed by atoms with Crippen molar-refractivity contribution in [3.05, 3.63) is 42.2 Å². The van der Waals surface area contributed by atoms with E-state index in [9.17, 15) is 8.42 Å². The van der Waals surface area contributed by atoms with E-state index in [1.54, 1.807) is 0 Å². The van der Waals surface area contributed by atoms with Crippen molar-refractivity contribution in [3.63, 3.8) is 0 Å². The van der Waals surface area contributed by atoms with Crippen LogP contribution in [-0.4, -0.2) is 49.5 Å². The first kappa shape index (κ1) is 17.7. The van der Waals surface area contributed by atoms with E-state index in [1.165, 1.54) is 0 Å². The molecule has 0 radical (unpaired) electrons. The maximum absolute atomic E-state index is 11.8. The molecule has 25 heavy (non-hydrogen) atoms. The monoisotopic (exact) mass is 360 g/mol. The van der Waals surface area contributed by atoms with Crippen molar-refractivity contribution in [3.8, 4) is 0 Å². The fourth-order valence-electron chi connectivity index (χ4n) is 3.21. The van der Waals surface area contributed by atoms with E-state index in [0.29, 0.717) is 12.2 Å². The van der Waals surface area contributed by atoms with Crippen LogP contribution in [0.5, 0.6) is 0 Å². The van der Waals surface area contributed by atoms with Gasteiger partial charge in [-0.3, -0.25) is 0 Å². The van der Waals surface area contributed by atoms with Crippen molar-refractivity contribution in [1.82, 2.24) is 9.97 Å². The normalized spacial score (nSPS) is 18.9. The number of hydrogen-bond acceptors (Lipinski definition) is 6. The standard InChI is InChI=1S/C18H24N4O2S/c1-4-22(15-8-6-5-7-9-15)18-12-17(19-14(2)20-18)21(3)16-10-11-25(23,24)13-16/h5-9,12,16H,4,10-11,13H2,1-3H3. The van der Waals surface area contributed by atoms with Crippen molar-refractivity contribution in [2.45, 2.75) is 26.3 Å². The number of hydrogen-bond donors (Lipinski definition) is 0. The van der Waals surface area contributed by atoms with Gasteiger partial charge in [-0.1, -0.05) is 18.2 Å². The van der Waals surface area contributed by atoms with Crippen LogP contribution in [0.1, 0.15) is 19.2 Å². The van der Waals surface area contributed by atoms with Crippen LogP contribution in [0.15, 0.2) is 36.4 Å². The lowest BCUT2D eigenvalue weighted by molar-refractivity contribution is 0.600. The number of para-hydroxylation sites is 1. The van der Waals surface area contributed by atoms with Gasteiger partial charge in [-0.2, -0.15) is 0 Å². The molecule has 0 amide bonds. The van der Waals surface area contributed by atoms with Crippen LogP contribution in [-0.2, 0) is 9.84 Å². The first-order valence-electron chi connectivity index (χ1n) is 8.51. The molecule has 1 saturated heterocycles. The first-order chi connectivity index (χ1) is 11.9. The average molecular weight is 360 g/mol. The Hall–Kier alpha value is -2.15. The van der Waals surface area contributed by atoms with Crippen LogP contribution in [0.4, 0.5) is 17.3 Å². The molecule has 6 nitrogen and oxygen atoms in total. The summed E-state index contributed by atoms with van der Waals surface area (Å²) in [4.78, 5) is 13.2. The summed E-state index contributed by atoms with van der Waals surface area (Å²) in [6.07, 6.45) is 0.646. The molecular weight excluding hydrogens is 336 g/mol. The number of rotatable bonds is 5. The third kappa shape index (κ3) is 3.92. The van der Waals surface area contributed by atoms with E-state index in [-0.39, 0.29) is 17.5 Å². The lowest BCUT2D eigenvalue weighted by Gasteiger charge is -2.27. The van der Waals surface area contributed by atoms with E-state index in [0.717, 1.165) is 23.9 Å². The topological polar surface area (TPSA) is 66.4 Å². The highest BCUT2D eigenvalue weighted by Gasteiger charge is 2.31. The van der Waals surface area contributed by atoms with Gasteiger partial charge in [-0.05, 0) is 32.4 Å². The number of aryl methyl sites for hydroxylation is 1. The van der Waals surface area contributed by atoms with Gasteiger partial charge >= 0.3 is 0 Å². The van der Waals surface area contributed by atoms with Crippen molar-refractivity contribution in [2.75, 3.05) is 34.9 Å². The molecule has 1 unspecified atom stereocenters. The zero-order valence-corrected chi connectivity index (χ0v) is 15.7. The van der Waals surface area contributed by atoms with Crippen LogP contribution in [0, 0.1) is 6.92 Å². The van der Waals surface area contributed by atoms with Crippen LogP contribution in [0.2, 0.25) is 0 Å². The number of aromatic nitrogens is 2. The van der Waals surface area contributed by atoms with Crippen molar-refractivity contribution < 1.29 is 8.42 Å². The molecule has 3 rings (SSSR count). The highest BCUT2D eigenvalue weighted by molar-refractivity contribution is 7.91. The van der Waals surface area contributed by atoms with Crippen molar-refractivity contribution in [1.29, 1.82) is 0 Å². The number of benzene rings is 1. The largest absolute Gasteiger partial charge is 0.355 e. The molecule has 0 N–H and O–H groups in total. The van der Waals surface area contributed by atoms with Crippen molar-refractivity contribution in [2.24, 2.45) is 0 Å². The maximum atomic E-state index is 11.8. The Morgan fingerprint density at radius 2 is 1.84 bits per heavy atom. The Balaban J connectivity index is 1.92. The second-order valence-electron chi connectivity index (χ2n) is 6.38. The summed E-state index contributed by atoms with van der Waals surface area (Å²) < 4.78 is 23.6. The van der Waals surface area contributed by atoms with Gasteiger partial charge in [0.25, 0.3) is 0 Å². The molecule has 0 spiro atoms. The van der Waals surface area contributed by atoms with E-state index >= 15 is 0 Å². The highest BCUT2D eigenvalue weighted by atomic mass is 32.2.